The molecule has 0 radical (unpaired) electrons. The first-order valence-electron chi connectivity index (χ1n) is 6.12. The Kier molecular flexibility index (Phi) is 3.35. The molecule has 0 aliphatic carbocycles. The third kappa shape index (κ3) is 2.22. The van der Waals surface area contributed by atoms with Gasteiger partial charge in [-0.3, -0.25) is 4.79 Å². The Morgan fingerprint density at radius 2 is 2.33 bits per heavy atom. The monoisotopic (exact) mass is 243 g/mol. The number of nitrogens with zero attached hydrogens (tertiary/aromatic N) is 2. The van der Waals surface area contributed by atoms with Crippen molar-refractivity contribution in [3.63, 3.8) is 0 Å². The molecule has 4 heteroatoms. The summed E-state index contributed by atoms with van der Waals surface area (Å²) in [6.45, 7) is 4.15. The van der Waals surface area contributed by atoms with Crippen molar-refractivity contribution in [3.8, 4) is 6.07 Å². The molecule has 1 aliphatic rings. The summed E-state index contributed by atoms with van der Waals surface area (Å²) in [5.74, 6) is -0.00908. The molecule has 1 atom stereocenters. The van der Waals surface area contributed by atoms with Crippen LogP contribution < -0.4 is 10.6 Å². The fourth-order valence-electron chi connectivity index (χ4n) is 2.50. The van der Waals surface area contributed by atoms with E-state index in [4.69, 9.17) is 5.73 Å². The molecule has 18 heavy (non-hydrogen) atoms. The lowest BCUT2D eigenvalue weighted by atomic mass is 9.99. The number of rotatable bonds is 2. The lowest BCUT2D eigenvalue weighted by Crippen LogP contribution is -2.26. The van der Waals surface area contributed by atoms with Crippen LogP contribution in [0.2, 0.25) is 0 Å². The number of carbonyl (C=O) groups is 1. The summed E-state index contributed by atoms with van der Waals surface area (Å²) in [6, 6.07) is 6.18. The third-order valence-corrected chi connectivity index (χ3v) is 3.18. The van der Waals surface area contributed by atoms with Gasteiger partial charge in [-0.25, -0.2) is 0 Å². The van der Waals surface area contributed by atoms with Gasteiger partial charge in [0.15, 0.2) is 0 Å². The van der Waals surface area contributed by atoms with Crippen LogP contribution in [0.25, 0.3) is 0 Å². The van der Waals surface area contributed by atoms with Gasteiger partial charge in [0.25, 0.3) is 0 Å². The van der Waals surface area contributed by atoms with Gasteiger partial charge in [0.1, 0.15) is 6.07 Å². The first-order chi connectivity index (χ1) is 8.52. The van der Waals surface area contributed by atoms with Crippen molar-refractivity contribution in [2.45, 2.75) is 32.7 Å². The van der Waals surface area contributed by atoms with E-state index in [0.717, 1.165) is 29.7 Å². The quantitative estimate of drug-likeness (QED) is 0.852. The number of anilines is 1. The molecule has 0 fully saturated rings. The van der Waals surface area contributed by atoms with E-state index in [2.05, 4.69) is 12.1 Å². The molecule has 1 aromatic carbocycles. The van der Waals surface area contributed by atoms with Crippen LogP contribution >= 0.6 is 0 Å². The Hall–Kier alpha value is -1.86. The topological polar surface area (TPSA) is 70.1 Å². The van der Waals surface area contributed by atoms with Gasteiger partial charge < -0.3 is 10.6 Å². The third-order valence-electron chi connectivity index (χ3n) is 3.18. The largest absolute Gasteiger partial charge is 0.328 e. The number of amides is 1. The highest BCUT2D eigenvalue weighted by molar-refractivity contribution is 5.95. The van der Waals surface area contributed by atoms with Gasteiger partial charge >= 0.3 is 0 Å². The van der Waals surface area contributed by atoms with E-state index in [-0.39, 0.29) is 11.9 Å². The molecule has 1 aromatic rings. The molecular formula is C14H17N3O. The Balaban J connectivity index is 2.47. The number of hydrogen-bond acceptors (Lipinski definition) is 3. The fourth-order valence-corrected chi connectivity index (χ4v) is 2.50. The van der Waals surface area contributed by atoms with Crippen LogP contribution in [0.1, 0.15) is 30.5 Å². The van der Waals surface area contributed by atoms with E-state index in [1.54, 1.807) is 4.90 Å². The van der Waals surface area contributed by atoms with Crippen molar-refractivity contribution in [2.75, 3.05) is 11.4 Å². The summed E-state index contributed by atoms with van der Waals surface area (Å²) in [5.41, 5.74) is 9.32. The summed E-state index contributed by atoms with van der Waals surface area (Å²) < 4.78 is 0. The molecule has 1 unspecified atom stereocenters. The van der Waals surface area contributed by atoms with Crippen LogP contribution in [0.3, 0.4) is 0 Å². The number of benzene rings is 1. The normalized spacial score (nSPS) is 15.1. The summed E-state index contributed by atoms with van der Waals surface area (Å²) >= 11 is 0. The predicted molar refractivity (Wildman–Crippen MR) is 70.2 cm³/mol. The van der Waals surface area contributed by atoms with Crippen molar-refractivity contribution in [1.82, 2.24) is 0 Å². The number of hydrogen-bond donors (Lipinski definition) is 1. The molecule has 2 rings (SSSR count). The van der Waals surface area contributed by atoms with Gasteiger partial charge in [0.2, 0.25) is 5.91 Å². The first kappa shape index (κ1) is 12.6. The molecule has 94 valence electrons. The zero-order valence-electron chi connectivity index (χ0n) is 10.7. The fraction of sp³-hybridized carbons (Fsp3) is 0.429. The van der Waals surface area contributed by atoms with Crippen LogP contribution in [0.4, 0.5) is 5.69 Å². The van der Waals surface area contributed by atoms with Gasteiger partial charge in [-0.2, -0.15) is 5.26 Å². The number of nitriles is 1. The van der Waals surface area contributed by atoms with Gasteiger partial charge in [0.05, 0.1) is 11.3 Å². The average molecular weight is 243 g/mol. The molecule has 0 saturated heterocycles. The van der Waals surface area contributed by atoms with E-state index in [0.29, 0.717) is 12.1 Å². The van der Waals surface area contributed by atoms with E-state index < -0.39 is 0 Å². The summed E-state index contributed by atoms with van der Waals surface area (Å²) in [7, 11) is 0. The van der Waals surface area contributed by atoms with Gasteiger partial charge in [-0.05, 0) is 37.0 Å². The zero-order chi connectivity index (χ0) is 13.3. The predicted octanol–water partition coefficient (Wildman–Crippen LogP) is 1.36. The second-order valence-electron chi connectivity index (χ2n) is 4.86. The van der Waals surface area contributed by atoms with Crippen molar-refractivity contribution < 1.29 is 4.79 Å². The zero-order valence-corrected chi connectivity index (χ0v) is 10.7. The van der Waals surface area contributed by atoms with Crippen molar-refractivity contribution in [2.24, 2.45) is 5.73 Å². The van der Waals surface area contributed by atoms with Crippen molar-refractivity contribution in [1.29, 1.82) is 5.26 Å². The molecule has 0 bridgehead atoms. The SMILES string of the molecule is CC(=O)N1CCc2cc(CC(C)N)cc(C#N)c21. The Morgan fingerprint density at radius 1 is 1.61 bits per heavy atom. The second-order valence-corrected chi connectivity index (χ2v) is 4.86. The molecule has 1 aliphatic heterocycles. The summed E-state index contributed by atoms with van der Waals surface area (Å²) in [4.78, 5) is 13.2. The summed E-state index contributed by atoms with van der Waals surface area (Å²) in [5, 5.41) is 9.24. The average Bonchev–Trinajstić information content (AvgIpc) is 2.70. The second kappa shape index (κ2) is 4.79. The van der Waals surface area contributed by atoms with Gasteiger partial charge in [0, 0.05) is 19.5 Å². The van der Waals surface area contributed by atoms with Gasteiger partial charge in [-0.15, -0.1) is 0 Å². The van der Waals surface area contributed by atoms with Crippen LogP contribution in [0.15, 0.2) is 12.1 Å². The number of fused-ring (bicyclic) bond motifs is 1. The lowest BCUT2D eigenvalue weighted by Gasteiger charge is -2.17. The molecule has 0 saturated carbocycles. The molecule has 0 aromatic heterocycles. The van der Waals surface area contributed by atoms with Crippen LogP contribution in [0.5, 0.6) is 0 Å². The first-order valence-corrected chi connectivity index (χ1v) is 6.12. The van der Waals surface area contributed by atoms with E-state index in [1.165, 1.54) is 6.92 Å². The molecular weight excluding hydrogens is 226 g/mol. The van der Waals surface area contributed by atoms with Crippen molar-refractivity contribution >= 4 is 11.6 Å². The smallest absolute Gasteiger partial charge is 0.223 e. The molecule has 4 nitrogen and oxygen atoms in total. The minimum absolute atomic E-state index is 0.00908. The minimum Gasteiger partial charge on any atom is -0.328 e. The van der Waals surface area contributed by atoms with Crippen LogP contribution in [-0.4, -0.2) is 18.5 Å². The van der Waals surface area contributed by atoms with Crippen LogP contribution in [0, 0.1) is 11.3 Å². The maximum absolute atomic E-state index is 11.5. The highest BCUT2D eigenvalue weighted by Crippen LogP contribution is 2.33. The number of nitrogens with two attached hydrogens (primary N) is 1. The number of carbonyl (C=O) groups excluding carboxylic acids is 1. The van der Waals surface area contributed by atoms with Gasteiger partial charge in [-0.1, -0.05) is 6.07 Å². The van der Waals surface area contributed by atoms with Crippen LogP contribution in [-0.2, 0) is 17.6 Å². The molecule has 0 spiro atoms. The van der Waals surface area contributed by atoms with E-state index in [9.17, 15) is 10.1 Å². The molecule has 1 heterocycles. The highest BCUT2D eigenvalue weighted by Gasteiger charge is 2.26. The molecule has 1 amide bonds. The van der Waals surface area contributed by atoms with E-state index >= 15 is 0 Å². The van der Waals surface area contributed by atoms with Crippen molar-refractivity contribution in [3.05, 3.63) is 28.8 Å². The standard InChI is InChI=1S/C14H17N3O/c1-9(16)5-11-6-12-3-4-17(10(2)18)14(12)13(7-11)8-15/h6-7,9H,3-5,16H2,1-2H3. The maximum Gasteiger partial charge on any atom is 0.223 e. The van der Waals surface area contributed by atoms with E-state index in [1.807, 2.05) is 13.0 Å². The maximum atomic E-state index is 11.5. The summed E-state index contributed by atoms with van der Waals surface area (Å²) in [6.07, 6.45) is 1.57. The Labute approximate surface area is 107 Å². The highest BCUT2D eigenvalue weighted by atomic mass is 16.2. The lowest BCUT2D eigenvalue weighted by molar-refractivity contribution is -0.116. The Morgan fingerprint density at radius 3 is 2.89 bits per heavy atom. The molecule has 2 N–H and O–H groups in total. The minimum atomic E-state index is -0.00908. The Bertz CT molecular complexity index is 529.